The summed E-state index contributed by atoms with van der Waals surface area (Å²) in [6.45, 7) is 2.39. The SMILES string of the molecule is CN=C(NCCCOC1CCCCC1)NCc1ccn[nH]1.I. The van der Waals surface area contributed by atoms with Gasteiger partial charge >= 0.3 is 0 Å². The normalized spacial score (nSPS) is 16.1. The Morgan fingerprint density at radius 1 is 1.36 bits per heavy atom. The van der Waals surface area contributed by atoms with Gasteiger partial charge in [0.15, 0.2) is 5.96 Å². The minimum Gasteiger partial charge on any atom is -0.378 e. The number of aliphatic imine (C=N–C) groups is 1. The van der Waals surface area contributed by atoms with Crippen molar-refractivity contribution < 1.29 is 4.74 Å². The van der Waals surface area contributed by atoms with E-state index in [0.29, 0.717) is 12.6 Å². The van der Waals surface area contributed by atoms with Crippen molar-refractivity contribution in [3.63, 3.8) is 0 Å². The van der Waals surface area contributed by atoms with Gasteiger partial charge in [-0.1, -0.05) is 19.3 Å². The maximum Gasteiger partial charge on any atom is 0.191 e. The third-order valence-corrected chi connectivity index (χ3v) is 3.75. The highest BCUT2D eigenvalue weighted by Gasteiger charge is 2.12. The minimum atomic E-state index is 0. The number of nitrogens with one attached hydrogen (secondary N) is 3. The van der Waals surface area contributed by atoms with E-state index in [0.717, 1.165) is 31.2 Å². The zero-order chi connectivity index (χ0) is 14.8. The van der Waals surface area contributed by atoms with Gasteiger partial charge in [0.2, 0.25) is 0 Å². The smallest absolute Gasteiger partial charge is 0.191 e. The molecule has 0 saturated heterocycles. The lowest BCUT2D eigenvalue weighted by Crippen LogP contribution is -2.37. The van der Waals surface area contributed by atoms with Crippen LogP contribution in [0.15, 0.2) is 17.3 Å². The molecule has 0 aromatic carbocycles. The second-order valence-electron chi connectivity index (χ2n) is 5.42. The molecule has 1 aromatic heterocycles. The monoisotopic (exact) mass is 421 g/mol. The molecule has 0 bridgehead atoms. The molecule has 2 rings (SSSR count). The first-order chi connectivity index (χ1) is 10.4. The van der Waals surface area contributed by atoms with Gasteiger partial charge in [-0.3, -0.25) is 10.1 Å². The molecule has 1 aromatic rings. The number of halogens is 1. The van der Waals surface area contributed by atoms with Crippen molar-refractivity contribution in [1.29, 1.82) is 0 Å². The minimum absolute atomic E-state index is 0. The lowest BCUT2D eigenvalue weighted by atomic mass is 9.98. The van der Waals surface area contributed by atoms with Crippen molar-refractivity contribution >= 4 is 29.9 Å². The van der Waals surface area contributed by atoms with E-state index in [1.165, 1.54) is 32.1 Å². The van der Waals surface area contributed by atoms with E-state index in [1.54, 1.807) is 13.2 Å². The largest absolute Gasteiger partial charge is 0.378 e. The van der Waals surface area contributed by atoms with Crippen LogP contribution in [-0.2, 0) is 11.3 Å². The Bertz CT molecular complexity index is 404. The average Bonchev–Trinajstić information content (AvgIpc) is 3.04. The molecule has 1 aliphatic rings. The topological polar surface area (TPSA) is 74.3 Å². The van der Waals surface area contributed by atoms with Crippen LogP contribution in [0.25, 0.3) is 0 Å². The summed E-state index contributed by atoms with van der Waals surface area (Å²) >= 11 is 0. The van der Waals surface area contributed by atoms with Crippen molar-refractivity contribution in [3.8, 4) is 0 Å². The molecular formula is C15H28IN5O. The Morgan fingerprint density at radius 3 is 2.86 bits per heavy atom. The van der Waals surface area contributed by atoms with Gasteiger partial charge in [0, 0.05) is 26.4 Å². The second kappa shape index (κ2) is 11.7. The molecule has 1 fully saturated rings. The Hall–Kier alpha value is -0.830. The first-order valence-corrected chi connectivity index (χ1v) is 7.93. The summed E-state index contributed by atoms with van der Waals surface area (Å²) in [6, 6.07) is 1.94. The number of rotatable bonds is 7. The van der Waals surface area contributed by atoms with Crippen LogP contribution >= 0.6 is 24.0 Å². The number of aromatic amines is 1. The van der Waals surface area contributed by atoms with Crippen molar-refractivity contribution in [3.05, 3.63) is 18.0 Å². The molecule has 3 N–H and O–H groups in total. The first kappa shape index (κ1) is 19.2. The summed E-state index contributed by atoms with van der Waals surface area (Å²) in [5, 5.41) is 13.4. The molecule has 0 aliphatic heterocycles. The Balaban J connectivity index is 0.00000242. The second-order valence-corrected chi connectivity index (χ2v) is 5.42. The molecular weight excluding hydrogens is 393 g/mol. The van der Waals surface area contributed by atoms with Crippen LogP contribution in [0.3, 0.4) is 0 Å². The van der Waals surface area contributed by atoms with Gasteiger partial charge in [0.1, 0.15) is 0 Å². The number of H-pyrrole nitrogens is 1. The summed E-state index contributed by atoms with van der Waals surface area (Å²) in [5.74, 6) is 0.808. The van der Waals surface area contributed by atoms with E-state index in [4.69, 9.17) is 4.74 Å². The van der Waals surface area contributed by atoms with Crippen LogP contribution in [0, 0.1) is 0 Å². The predicted molar refractivity (Wildman–Crippen MR) is 99.6 cm³/mol. The predicted octanol–water partition coefficient (Wildman–Crippen LogP) is 2.43. The fourth-order valence-electron chi connectivity index (χ4n) is 2.54. The Labute approximate surface area is 149 Å². The highest BCUT2D eigenvalue weighted by atomic mass is 127. The van der Waals surface area contributed by atoms with Crippen LogP contribution in [0.2, 0.25) is 0 Å². The molecule has 6 nitrogen and oxygen atoms in total. The number of guanidine groups is 1. The fourth-order valence-corrected chi connectivity index (χ4v) is 2.54. The van der Waals surface area contributed by atoms with Crippen molar-refractivity contribution in [2.45, 2.75) is 51.2 Å². The summed E-state index contributed by atoms with van der Waals surface area (Å²) in [6.07, 6.45) is 9.75. The number of ether oxygens (including phenoxy) is 1. The number of aromatic nitrogens is 2. The van der Waals surface area contributed by atoms with Gasteiger partial charge in [-0.05, 0) is 25.3 Å². The van der Waals surface area contributed by atoms with Crippen LogP contribution in [0.1, 0.15) is 44.2 Å². The fraction of sp³-hybridized carbons (Fsp3) is 0.733. The molecule has 0 unspecified atom stereocenters. The summed E-state index contributed by atoms with van der Waals surface area (Å²) in [7, 11) is 1.78. The van der Waals surface area contributed by atoms with Gasteiger partial charge in [0.25, 0.3) is 0 Å². The number of nitrogens with zero attached hydrogens (tertiary/aromatic N) is 2. The molecule has 1 heterocycles. The zero-order valence-corrected chi connectivity index (χ0v) is 15.6. The molecule has 22 heavy (non-hydrogen) atoms. The van der Waals surface area contributed by atoms with Gasteiger partial charge in [-0.15, -0.1) is 24.0 Å². The van der Waals surface area contributed by atoms with E-state index < -0.39 is 0 Å². The highest BCUT2D eigenvalue weighted by molar-refractivity contribution is 14.0. The highest BCUT2D eigenvalue weighted by Crippen LogP contribution is 2.20. The van der Waals surface area contributed by atoms with Crippen molar-refractivity contribution in [2.75, 3.05) is 20.2 Å². The maximum atomic E-state index is 5.90. The van der Waals surface area contributed by atoms with Crippen LogP contribution in [-0.4, -0.2) is 42.5 Å². The summed E-state index contributed by atoms with van der Waals surface area (Å²) < 4.78 is 5.90. The van der Waals surface area contributed by atoms with E-state index in [9.17, 15) is 0 Å². The van der Waals surface area contributed by atoms with Gasteiger partial charge in [0.05, 0.1) is 18.3 Å². The molecule has 126 valence electrons. The third kappa shape index (κ3) is 7.44. The summed E-state index contributed by atoms with van der Waals surface area (Å²) in [4.78, 5) is 4.19. The molecule has 0 amide bonds. The standard InChI is InChI=1S/C15H27N5O.HI/c1-16-15(18-12-13-8-10-19-20-13)17-9-5-11-21-14-6-3-2-4-7-14;/h8,10,14H,2-7,9,11-12H2,1H3,(H,19,20)(H2,16,17,18);1H. The van der Waals surface area contributed by atoms with Crippen molar-refractivity contribution in [1.82, 2.24) is 20.8 Å². The molecule has 0 radical (unpaired) electrons. The van der Waals surface area contributed by atoms with Gasteiger partial charge in [-0.2, -0.15) is 5.10 Å². The van der Waals surface area contributed by atoms with Crippen LogP contribution in [0.5, 0.6) is 0 Å². The Kier molecular flexibility index (Phi) is 10.2. The molecule has 0 atom stereocenters. The van der Waals surface area contributed by atoms with Gasteiger partial charge in [-0.25, -0.2) is 0 Å². The first-order valence-electron chi connectivity index (χ1n) is 7.93. The molecule has 1 aliphatic carbocycles. The average molecular weight is 421 g/mol. The van der Waals surface area contributed by atoms with Crippen LogP contribution < -0.4 is 10.6 Å². The maximum absolute atomic E-state index is 5.90. The quantitative estimate of drug-likeness (QED) is 0.274. The Morgan fingerprint density at radius 2 is 2.18 bits per heavy atom. The number of hydrogen-bond donors (Lipinski definition) is 3. The lowest BCUT2D eigenvalue weighted by Gasteiger charge is -2.22. The number of hydrogen-bond acceptors (Lipinski definition) is 3. The van der Waals surface area contributed by atoms with E-state index in [-0.39, 0.29) is 24.0 Å². The van der Waals surface area contributed by atoms with Crippen molar-refractivity contribution in [2.24, 2.45) is 4.99 Å². The van der Waals surface area contributed by atoms with Crippen LogP contribution in [0.4, 0.5) is 0 Å². The zero-order valence-electron chi connectivity index (χ0n) is 13.3. The third-order valence-electron chi connectivity index (χ3n) is 3.75. The van der Waals surface area contributed by atoms with Gasteiger partial charge < -0.3 is 15.4 Å². The summed E-state index contributed by atoms with van der Waals surface area (Å²) in [5.41, 5.74) is 1.04. The molecule has 1 saturated carbocycles. The van der Waals surface area contributed by atoms with E-state index in [2.05, 4.69) is 25.8 Å². The molecule has 0 spiro atoms. The van der Waals surface area contributed by atoms with E-state index in [1.807, 2.05) is 6.07 Å². The molecule has 7 heteroatoms. The lowest BCUT2D eigenvalue weighted by molar-refractivity contribution is 0.0277. The van der Waals surface area contributed by atoms with E-state index >= 15 is 0 Å².